The van der Waals surface area contributed by atoms with Crippen molar-refractivity contribution < 1.29 is 14.7 Å². The highest BCUT2D eigenvalue weighted by atomic mass is 35.5. The average Bonchev–Trinajstić information content (AvgIpc) is 2.76. The van der Waals surface area contributed by atoms with Crippen molar-refractivity contribution in [3.05, 3.63) is 23.2 Å². The summed E-state index contributed by atoms with van der Waals surface area (Å²) in [5.74, 6) is -1.43. The van der Waals surface area contributed by atoms with Gasteiger partial charge in [0.05, 0.1) is 16.3 Å². The third-order valence-electron chi connectivity index (χ3n) is 2.59. The van der Waals surface area contributed by atoms with Crippen molar-refractivity contribution in [1.82, 2.24) is 4.98 Å². The highest BCUT2D eigenvalue weighted by Crippen LogP contribution is 2.28. The van der Waals surface area contributed by atoms with E-state index in [1.807, 2.05) is 0 Å². The Morgan fingerprint density at radius 3 is 2.95 bits per heavy atom. The van der Waals surface area contributed by atoms with Gasteiger partial charge in [-0.25, -0.2) is 4.98 Å². The number of benzene rings is 1. The van der Waals surface area contributed by atoms with Gasteiger partial charge in [-0.15, -0.1) is 0 Å². The molecule has 4 N–H and O–H groups in total. The predicted octanol–water partition coefficient (Wildman–Crippen LogP) is 2.08. The molecule has 0 radical (unpaired) electrons. The van der Waals surface area contributed by atoms with Gasteiger partial charge in [0.15, 0.2) is 5.13 Å². The van der Waals surface area contributed by atoms with E-state index in [1.54, 1.807) is 18.2 Å². The van der Waals surface area contributed by atoms with Crippen molar-refractivity contribution in [2.45, 2.75) is 18.9 Å². The minimum atomic E-state index is -0.983. The number of thiazole rings is 1. The summed E-state index contributed by atoms with van der Waals surface area (Å²) in [5.41, 5.74) is 6.34. The van der Waals surface area contributed by atoms with Gasteiger partial charge in [-0.05, 0) is 24.6 Å². The fraction of sp³-hybridized carbons (Fsp3) is 0.250. The lowest BCUT2D eigenvalue weighted by molar-refractivity contribution is -0.137. The van der Waals surface area contributed by atoms with Crippen LogP contribution in [0.5, 0.6) is 0 Å². The first-order valence-corrected chi connectivity index (χ1v) is 6.99. The molecule has 1 amide bonds. The summed E-state index contributed by atoms with van der Waals surface area (Å²) in [7, 11) is 0. The molecule has 106 valence electrons. The molecule has 8 heteroatoms. The number of carbonyl (C=O) groups excluding carboxylic acids is 1. The summed E-state index contributed by atoms with van der Waals surface area (Å²) < 4.78 is 0.854. The first-order valence-electron chi connectivity index (χ1n) is 5.80. The molecule has 6 nitrogen and oxygen atoms in total. The number of aliphatic carboxylic acids is 1. The topological polar surface area (TPSA) is 105 Å². The van der Waals surface area contributed by atoms with Crippen LogP contribution < -0.4 is 11.1 Å². The zero-order chi connectivity index (χ0) is 14.7. The van der Waals surface area contributed by atoms with E-state index in [4.69, 9.17) is 22.4 Å². The van der Waals surface area contributed by atoms with E-state index in [1.165, 1.54) is 11.3 Å². The highest BCUT2D eigenvalue weighted by molar-refractivity contribution is 7.22. The first kappa shape index (κ1) is 14.7. The SMILES string of the molecule is NC(CCC(=O)O)C(=O)Nc1nc2ccc(Cl)cc2s1. The Morgan fingerprint density at radius 2 is 2.25 bits per heavy atom. The second-order valence-electron chi connectivity index (χ2n) is 4.16. The summed E-state index contributed by atoms with van der Waals surface area (Å²) >= 11 is 7.15. The number of nitrogens with zero attached hydrogens (tertiary/aromatic N) is 1. The quantitative estimate of drug-likeness (QED) is 0.783. The largest absolute Gasteiger partial charge is 0.481 e. The normalized spacial score (nSPS) is 12.3. The van der Waals surface area contributed by atoms with Gasteiger partial charge in [0.2, 0.25) is 5.91 Å². The van der Waals surface area contributed by atoms with Gasteiger partial charge in [0.25, 0.3) is 0 Å². The fourth-order valence-electron chi connectivity index (χ4n) is 1.56. The number of rotatable bonds is 5. The number of hydrogen-bond donors (Lipinski definition) is 3. The third-order valence-corrected chi connectivity index (χ3v) is 3.76. The predicted molar refractivity (Wildman–Crippen MR) is 78.1 cm³/mol. The molecule has 1 aromatic carbocycles. The Hall–Kier alpha value is -1.70. The summed E-state index contributed by atoms with van der Waals surface area (Å²) in [6, 6.07) is 4.36. The van der Waals surface area contributed by atoms with E-state index in [2.05, 4.69) is 10.3 Å². The van der Waals surface area contributed by atoms with Crippen LogP contribution in [0.2, 0.25) is 5.02 Å². The van der Waals surface area contributed by atoms with Crippen LogP contribution in [0.1, 0.15) is 12.8 Å². The maximum Gasteiger partial charge on any atom is 0.303 e. The minimum absolute atomic E-state index is 0.0812. The monoisotopic (exact) mass is 313 g/mol. The number of hydrogen-bond acceptors (Lipinski definition) is 5. The Labute approximate surface area is 123 Å². The molecule has 1 atom stereocenters. The molecule has 0 bridgehead atoms. The molecule has 0 aliphatic rings. The van der Waals surface area contributed by atoms with Crippen LogP contribution in [0.4, 0.5) is 5.13 Å². The number of halogens is 1. The van der Waals surface area contributed by atoms with Crippen molar-refractivity contribution >= 4 is 50.2 Å². The number of carboxylic acid groups (broad SMARTS) is 1. The molecule has 20 heavy (non-hydrogen) atoms. The molecule has 0 saturated carbocycles. The van der Waals surface area contributed by atoms with Crippen LogP contribution in [0.15, 0.2) is 18.2 Å². The van der Waals surface area contributed by atoms with E-state index in [0.717, 1.165) is 10.2 Å². The van der Waals surface area contributed by atoms with Gasteiger partial charge in [-0.2, -0.15) is 0 Å². The number of anilines is 1. The molecule has 0 aliphatic heterocycles. The molecule has 0 spiro atoms. The lowest BCUT2D eigenvalue weighted by Crippen LogP contribution is -2.35. The molecule has 0 aliphatic carbocycles. The van der Waals surface area contributed by atoms with E-state index >= 15 is 0 Å². The van der Waals surface area contributed by atoms with Gasteiger partial charge < -0.3 is 16.2 Å². The lowest BCUT2D eigenvalue weighted by atomic mass is 10.1. The number of fused-ring (bicyclic) bond motifs is 1. The maximum absolute atomic E-state index is 11.8. The Kier molecular flexibility index (Phi) is 4.53. The molecule has 1 unspecified atom stereocenters. The van der Waals surface area contributed by atoms with Gasteiger partial charge in [-0.3, -0.25) is 9.59 Å². The van der Waals surface area contributed by atoms with Crippen molar-refractivity contribution in [2.24, 2.45) is 5.73 Å². The summed E-state index contributed by atoms with van der Waals surface area (Å²) in [4.78, 5) is 26.4. The molecule has 1 heterocycles. The zero-order valence-electron chi connectivity index (χ0n) is 10.3. The van der Waals surface area contributed by atoms with Crippen LogP contribution in [0.25, 0.3) is 10.2 Å². The summed E-state index contributed by atoms with van der Waals surface area (Å²) in [5, 5.41) is 12.1. The molecule has 0 saturated heterocycles. The van der Waals surface area contributed by atoms with Crippen molar-refractivity contribution in [1.29, 1.82) is 0 Å². The van der Waals surface area contributed by atoms with Gasteiger partial charge in [0, 0.05) is 11.4 Å². The van der Waals surface area contributed by atoms with E-state index in [9.17, 15) is 9.59 Å². The zero-order valence-corrected chi connectivity index (χ0v) is 11.9. The molecule has 0 fully saturated rings. The van der Waals surface area contributed by atoms with Crippen LogP contribution in [0.3, 0.4) is 0 Å². The summed E-state index contributed by atoms with van der Waals surface area (Å²) in [6.07, 6.45) is -0.0675. The Morgan fingerprint density at radius 1 is 1.50 bits per heavy atom. The standard InChI is InChI=1S/C12H12ClN3O3S/c13-6-1-3-8-9(5-6)20-12(15-8)16-11(19)7(14)2-4-10(17)18/h1,3,5,7H,2,4,14H2,(H,17,18)(H,15,16,19). The van der Waals surface area contributed by atoms with Crippen LogP contribution in [-0.4, -0.2) is 28.0 Å². The second-order valence-corrected chi connectivity index (χ2v) is 5.63. The lowest BCUT2D eigenvalue weighted by Gasteiger charge is -2.08. The Bertz CT molecular complexity index is 658. The van der Waals surface area contributed by atoms with Crippen LogP contribution >= 0.6 is 22.9 Å². The number of aromatic nitrogens is 1. The molecular weight excluding hydrogens is 302 g/mol. The van der Waals surface area contributed by atoms with Gasteiger partial charge >= 0.3 is 5.97 Å². The Balaban J connectivity index is 2.04. The molecule has 2 aromatic rings. The number of amides is 1. The minimum Gasteiger partial charge on any atom is -0.481 e. The molecule has 1 aromatic heterocycles. The maximum atomic E-state index is 11.8. The average molecular weight is 314 g/mol. The second kappa shape index (κ2) is 6.17. The van der Waals surface area contributed by atoms with Crippen molar-refractivity contribution in [2.75, 3.05) is 5.32 Å². The van der Waals surface area contributed by atoms with E-state index < -0.39 is 17.9 Å². The smallest absolute Gasteiger partial charge is 0.303 e. The first-order chi connectivity index (χ1) is 9.45. The highest BCUT2D eigenvalue weighted by Gasteiger charge is 2.16. The summed E-state index contributed by atoms with van der Waals surface area (Å²) in [6.45, 7) is 0. The van der Waals surface area contributed by atoms with Crippen LogP contribution in [0, 0.1) is 0 Å². The van der Waals surface area contributed by atoms with Crippen LogP contribution in [-0.2, 0) is 9.59 Å². The van der Waals surface area contributed by atoms with Crippen molar-refractivity contribution in [3.8, 4) is 0 Å². The molecular formula is C12H12ClN3O3S. The van der Waals surface area contributed by atoms with Crippen molar-refractivity contribution in [3.63, 3.8) is 0 Å². The molecule has 2 rings (SSSR count). The van der Waals surface area contributed by atoms with E-state index in [0.29, 0.717) is 10.2 Å². The van der Waals surface area contributed by atoms with Gasteiger partial charge in [0.1, 0.15) is 0 Å². The number of carbonyl (C=O) groups is 2. The number of carboxylic acids is 1. The fourth-order valence-corrected chi connectivity index (χ4v) is 2.70. The van der Waals surface area contributed by atoms with Gasteiger partial charge in [-0.1, -0.05) is 22.9 Å². The van der Waals surface area contributed by atoms with E-state index in [-0.39, 0.29) is 12.8 Å². The number of nitrogens with two attached hydrogens (primary N) is 1. The number of nitrogens with one attached hydrogen (secondary N) is 1. The third kappa shape index (κ3) is 3.66.